The highest BCUT2D eigenvalue weighted by molar-refractivity contribution is 5.94. The van der Waals surface area contributed by atoms with Gasteiger partial charge in [-0.1, -0.05) is 5.21 Å². The van der Waals surface area contributed by atoms with Crippen molar-refractivity contribution < 1.29 is 14.3 Å². The van der Waals surface area contributed by atoms with Crippen molar-refractivity contribution in [1.29, 1.82) is 0 Å². The molecule has 0 saturated carbocycles. The van der Waals surface area contributed by atoms with Crippen molar-refractivity contribution in [3.63, 3.8) is 0 Å². The maximum absolute atomic E-state index is 13.6. The molecule has 4 aromatic rings. The van der Waals surface area contributed by atoms with Gasteiger partial charge in [-0.25, -0.2) is 9.07 Å². The maximum Gasteiger partial charge on any atom is 0.258 e. The minimum absolute atomic E-state index is 0.121. The monoisotopic (exact) mass is 433 g/mol. The first-order valence-electron chi connectivity index (χ1n) is 10.3. The molecule has 1 unspecified atom stereocenters. The number of carbonyl (C=O) groups excluding carboxylic acids is 1. The van der Waals surface area contributed by atoms with E-state index in [0.717, 1.165) is 6.42 Å². The van der Waals surface area contributed by atoms with E-state index in [-0.39, 0.29) is 17.0 Å². The third-order valence-corrected chi connectivity index (χ3v) is 5.64. The molecule has 0 spiro atoms. The predicted octanol–water partition coefficient (Wildman–Crippen LogP) is 2.51. The second kappa shape index (κ2) is 8.01. The molecule has 2 aromatic heterocycles. The Balaban J connectivity index is 1.40. The minimum atomic E-state index is -0.477. The largest absolute Gasteiger partial charge is 0.391 e. The summed E-state index contributed by atoms with van der Waals surface area (Å²) in [7, 11) is 0. The van der Waals surface area contributed by atoms with E-state index in [1.54, 1.807) is 41.4 Å². The van der Waals surface area contributed by atoms with Gasteiger partial charge in [-0.3, -0.25) is 9.59 Å². The number of H-pyrrole nitrogens is 1. The number of rotatable bonds is 3. The third-order valence-electron chi connectivity index (χ3n) is 5.64. The number of aliphatic hydroxyl groups excluding tert-OH is 1. The number of fused-ring (bicyclic) bond motifs is 1. The molecule has 8 nitrogen and oxygen atoms in total. The second-order valence-corrected chi connectivity index (χ2v) is 7.89. The number of likely N-dealkylation sites (tertiary alicyclic amines) is 1. The number of halogens is 1. The number of carbonyl (C=O) groups is 1. The summed E-state index contributed by atoms with van der Waals surface area (Å²) in [6.07, 6.45) is 2.63. The van der Waals surface area contributed by atoms with Crippen LogP contribution in [0, 0.1) is 5.82 Å². The first-order valence-corrected chi connectivity index (χ1v) is 10.3. The van der Waals surface area contributed by atoms with E-state index in [1.807, 2.05) is 0 Å². The van der Waals surface area contributed by atoms with E-state index in [1.165, 1.54) is 22.9 Å². The number of benzene rings is 2. The highest BCUT2D eigenvalue weighted by Crippen LogP contribution is 2.20. The van der Waals surface area contributed by atoms with Gasteiger partial charge in [-0.2, -0.15) is 0 Å². The highest BCUT2D eigenvalue weighted by atomic mass is 19.1. The Kier molecular flexibility index (Phi) is 5.02. The van der Waals surface area contributed by atoms with Crippen molar-refractivity contribution in [3.8, 4) is 16.9 Å². The molecule has 1 atom stereocenters. The maximum atomic E-state index is 13.6. The summed E-state index contributed by atoms with van der Waals surface area (Å²) in [5, 5.41) is 18.5. The summed E-state index contributed by atoms with van der Waals surface area (Å²) >= 11 is 0. The van der Waals surface area contributed by atoms with Crippen LogP contribution in [0.1, 0.15) is 23.2 Å². The van der Waals surface area contributed by atoms with Gasteiger partial charge in [-0.15, -0.1) is 5.10 Å². The van der Waals surface area contributed by atoms with Crippen LogP contribution in [0.2, 0.25) is 0 Å². The van der Waals surface area contributed by atoms with Crippen molar-refractivity contribution in [2.45, 2.75) is 18.9 Å². The Morgan fingerprint density at radius 2 is 1.97 bits per heavy atom. The molecular formula is C23H20FN5O3. The number of pyridine rings is 1. The average molecular weight is 433 g/mol. The van der Waals surface area contributed by atoms with Crippen molar-refractivity contribution in [3.05, 3.63) is 76.5 Å². The highest BCUT2D eigenvalue weighted by Gasteiger charge is 2.23. The normalized spacial score (nSPS) is 16.4. The fraction of sp³-hybridized carbons (Fsp3) is 0.217. The van der Waals surface area contributed by atoms with E-state index >= 15 is 0 Å². The number of hydrogen-bond acceptors (Lipinski definition) is 5. The smallest absolute Gasteiger partial charge is 0.258 e. The van der Waals surface area contributed by atoms with Gasteiger partial charge < -0.3 is 15.0 Å². The van der Waals surface area contributed by atoms with Crippen LogP contribution < -0.4 is 5.56 Å². The van der Waals surface area contributed by atoms with E-state index < -0.39 is 11.9 Å². The zero-order chi connectivity index (χ0) is 22.2. The van der Waals surface area contributed by atoms with E-state index in [0.29, 0.717) is 47.4 Å². The summed E-state index contributed by atoms with van der Waals surface area (Å²) in [6.45, 7) is 0.978. The van der Waals surface area contributed by atoms with Crippen LogP contribution in [0.3, 0.4) is 0 Å². The number of amides is 1. The zero-order valence-corrected chi connectivity index (χ0v) is 17.0. The summed E-state index contributed by atoms with van der Waals surface area (Å²) in [5.74, 6) is -0.516. The number of hydrogen-bond donors (Lipinski definition) is 2. The number of nitrogens with one attached hydrogen (secondary N) is 1. The summed E-state index contributed by atoms with van der Waals surface area (Å²) in [5.41, 5.74) is 2.01. The van der Waals surface area contributed by atoms with Gasteiger partial charge in [0.1, 0.15) is 11.5 Å². The zero-order valence-electron chi connectivity index (χ0n) is 17.0. The SMILES string of the molecule is O=C(c1ccc(-n2cc(-c3cc4cc(F)ccc4[nH]c3=O)nn2)cc1)N1CCCC(O)C1. The molecule has 2 N–H and O–H groups in total. The molecule has 5 rings (SSSR count). The molecule has 9 heteroatoms. The standard InChI is InChI=1S/C23H20FN5O3/c24-16-5-8-20-15(10-16)11-19(22(31)25-20)21-13-29(27-26-21)17-6-3-14(4-7-17)23(32)28-9-1-2-18(30)12-28/h3-8,10-11,13,18,30H,1-2,9,12H2,(H,25,31). The molecule has 3 heterocycles. The molecular weight excluding hydrogens is 413 g/mol. The minimum Gasteiger partial charge on any atom is -0.391 e. The predicted molar refractivity (Wildman–Crippen MR) is 116 cm³/mol. The Morgan fingerprint density at radius 1 is 1.16 bits per heavy atom. The topological polar surface area (TPSA) is 104 Å². The molecule has 0 radical (unpaired) electrons. The average Bonchev–Trinajstić information content (AvgIpc) is 3.28. The lowest BCUT2D eigenvalue weighted by Crippen LogP contribution is -2.42. The van der Waals surface area contributed by atoms with Crippen molar-refractivity contribution in [1.82, 2.24) is 24.9 Å². The van der Waals surface area contributed by atoms with Crippen LogP contribution in [0.25, 0.3) is 27.8 Å². The molecule has 0 aliphatic carbocycles. The number of aromatic nitrogens is 4. The molecule has 1 aliphatic heterocycles. The van der Waals surface area contributed by atoms with Crippen LogP contribution >= 0.6 is 0 Å². The summed E-state index contributed by atoms with van der Waals surface area (Å²) in [4.78, 5) is 29.5. The van der Waals surface area contributed by atoms with Gasteiger partial charge in [-0.05, 0) is 61.4 Å². The van der Waals surface area contributed by atoms with Crippen molar-refractivity contribution in [2.24, 2.45) is 0 Å². The number of aliphatic hydroxyl groups is 1. The van der Waals surface area contributed by atoms with E-state index in [9.17, 15) is 19.1 Å². The third kappa shape index (κ3) is 3.78. The fourth-order valence-corrected chi connectivity index (χ4v) is 3.96. The quantitative estimate of drug-likeness (QED) is 0.517. The van der Waals surface area contributed by atoms with Crippen LogP contribution in [-0.4, -0.2) is 55.1 Å². The van der Waals surface area contributed by atoms with Gasteiger partial charge in [0.05, 0.1) is 23.6 Å². The van der Waals surface area contributed by atoms with E-state index in [2.05, 4.69) is 15.3 Å². The van der Waals surface area contributed by atoms with Crippen LogP contribution in [0.4, 0.5) is 4.39 Å². The lowest BCUT2D eigenvalue weighted by Gasteiger charge is -2.30. The molecule has 1 aliphatic rings. The first kappa shape index (κ1) is 20.1. The lowest BCUT2D eigenvalue weighted by atomic mass is 10.1. The first-order chi connectivity index (χ1) is 15.5. The van der Waals surface area contributed by atoms with Gasteiger partial charge in [0, 0.05) is 29.6 Å². The number of piperidine rings is 1. The Morgan fingerprint density at radius 3 is 2.75 bits per heavy atom. The molecule has 0 bridgehead atoms. The fourth-order valence-electron chi connectivity index (χ4n) is 3.96. The van der Waals surface area contributed by atoms with Gasteiger partial charge >= 0.3 is 0 Å². The second-order valence-electron chi connectivity index (χ2n) is 7.89. The van der Waals surface area contributed by atoms with Crippen molar-refractivity contribution >= 4 is 16.8 Å². The van der Waals surface area contributed by atoms with Crippen LogP contribution in [0.15, 0.2) is 59.5 Å². The lowest BCUT2D eigenvalue weighted by molar-refractivity contribution is 0.0474. The molecule has 1 amide bonds. The molecule has 162 valence electrons. The Hall–Kier alpha value is -3.85. The van der Waals surface area contributed by atoms with E-state index in [4.69, 9.17) is 0 Å². The number of nitrogens with zero attached hydrogens (tertiary/aromatic N) is 4. The number of β-amino-alcohol motifs (C(OH)–C–C–N with tert-alkyl or cyclic N) is 1. The molecule has 1 saturated heterocycles. The van der Waals surface area contributed by atoms with Crippen LogP contribution in [-0.2, 0) is 0 Å². The Labute approximate surface area is 181 Å². The Bertz CT molecular complexity index is 1360. The molecule has 1 fully saturated rings. The van der Waals surface area contributed by atoms with Gasteiger partial charge in [0.25, 0.3) is 11.5 Å². The van der Waals surface area contributed by atoms with Crippen molar-refractivity contribution in [2.75, 3.05) is 13.1 Å². The molecule has 2 aromatic carbocycles. The molecule has 32 heavy (non-hydrogen) atoms. The van der Waals surface area contributed by atoms with Gasteiger partial charge in [0.15, 0.2) is 0 Å². The number of aromatic amines is 1. The summed E-state index contributed by atoms with van der Waals surface area (Å²) < 4.78 is 15.1. The van der Waals surface area contributed by atoms with Crippen LogP contribution in [0.5, 0.6) is 0 Å². The van der Waals surface area contributed by atoms with Gasteiger partial charge in [0.2, 0.25) is 0 Å². The summed E-state index contributed by atoms with van der Waals surface area (Å²) in [6, 6.07) is 12.6.